The summed E-state index contributed by atoms with van der Waals surface area (Å²) in [7, 11) is 0. The minimum absolute atomic E-state index is 0.234. The first-order chi connectivity index (χ1) is 7.92. The Labute approximate surface area is 101 Å². The molecule has 0 aromatic rings. The van der Waals surface area contributed by atoms with E-state index >= 15 is 0 Å². The molecule has 0 unspecified atom stereocenters. The number of carboxylic acid groups (broad SMARTS) is 1. The summed E-state index contributed by atoms with van der Waals surface area (Å²) in [6, 6.07) is 0. The summed E-state index contributed by atoms with van der Waals surface area (Å²) in [6.07, 6.45) is 4.46. The third-order valence-electron chi connectivity index (χ3n) is 2.60. The molecular weight excluding hydrogens is 220 g/mol. The number of carbonyl (C=O) groups is 1. The first kappa shape index (κ1) is 13.5. The van der Waals surface area contributed by atoms with E-state index in [9.17, 15) is 4.79 Å². The van der Waals surface area contributed by atoms with Crippen molar-refractivity contribution < 1.29 is 14.6 Å². The van der Waals surface area contributed by atoms with Gasteiger partial charge in [-0.25, -0.2) is 0 Å². The number of aliphatic carboxylic acids is 1. The topological polar surface area (TPSA) is 84.9 Å². The smallest absolute Gasteiger partial charge is 0.303 e. The molecule has 0 atom stereocenters. The largest absolute Gasteiger partial charge is 0.481 e. The van der Waals surface area contributed by atoms with Gasteiger partial charge in [0.15, 0.2) is 5.88 Å². The maximum Gasteiger partial charge on any atom is 0.303 e. The summed E-state index contributed by atoms with van der Waals surface area (Å²) < 4.78 is 5.40. The van der Waals surface area contributed by atoms with Crippen LogP contribution in [0.25, 0.3) is 0 Å². The maximum absolute atomic E-state index is 10.3. The standard InChI is InChI=1S/C12H20N2O3/c1-12(2)9(8-10(13)17-12)14-7-5-3-4-6-11(15)16/h8H,3-7,13H2,1-2H3,(H,15,16). The average Bonchev–Trinajstić information content (AvgIpc) is 2.44. The van der Waals surface area contributed by atoms with Gasteiger partial charge < -0.3 is 15.6 Å². The van der Waals surface area contributed by atoms with Gasteiger partial charge in [-0.15, -0.1) is 0 Å². The second-order valence-electron chi connectivity index (χ2n) is 4.63. The highest BCUT2D eigenvalue weighted by atomic mass is 16.5. The van der Waals surface area contributed by atoms with E-state index in [4.69, 9.17) is 15.6 Å². The molecule has 0 aromatic carbocycles. The average molecular weight is 240 g/mol. The number of rotatable bonds is 6. The van der Waals surface area contributed by atoms with Crippen molar-refractivity contribution in [3.63, 3.8) is 0 Å². The number of aliphatic imine (C=N–C) groups is 1. The highest BCUT2D eigenvalue weighted by Gasteiger charge is 2.31. The second kappa shape index (κ2) is 5.70. The third-order valence-corrected chi connectivity index (χ3v) is 2.60. The van der Waals surface area contributed by atoms with Gasteiger partial charge in [0.05, 0.1) is 5.71 Å². The van der Waals surface area contributed by atoms with E-state index in [0.29, 0.717) is 18.8 Å². The molecule has 0 aliphatic carbocycles. The lowest BCUT2D eigenvalue weighted by atomic mass is 10.0. The lowest BCUT2D eigenvalue weighted by Crippen LogP contribution is -2.29. The summed E-state index contributed by atoms with van der Waals surface area (Å²) >= 11 is 0. The predicted octanol–water partition coefficient (Wildman–Crippen LogP) is 1.68. The molecule has 1 aliphatic rings. The van der Waals surface area contributed by atoms with Gasteiger partial charge in [0.25, 0.3) is 0 Å². The molecule has 0 saturated heterocycles. The van der Waals surface area contributed by atoms with Crippen molar-refractivity contribution >= 4 is 11.7 Å². The summed E-state index contributed by atoms with van der Waals surface area (Å²) in [5, 5.41) is 8.47. The lowest BCUT2D eigenvalue weighted by molar-refractivity contribution is -0.137. The number of nitrogens with zero attached hydrogens (tertiary/aromatic N) is 1. The zero-order chi connectivity index (χ0) is 12.9. The second-order valence-corrected chi connectivity index (χ2v) is 4.63. The first-order valence-electron chi connectivity index (χ1n) is 5.85. The van der Waals surface area contributed by atoms with Gasteiger partial charge in [-0.3, -0.25) is 9.79 Å². The van der Waals surface area contributed by atoms with E-state index in [-0.39, 0.29) is 6.42 Å². The highest BCUT2D eigenvalue weighted by molar-refractivity contribution is 6.03. The van der Waals surface area contributed by atoms with E-state index in [1.807, 2.05) is 13.8 Å². The Kier molecular flexibility index (Phi) is 4.54. The van der Waals surface area contributed by atoms with E-state index in [0.717, 1.165) is 18.6 Å². The Morgan fingerprint density at radius 3 is 2.71 bits per heavy atom. The van der Waals surface area contributed by atoms with Gasteiger partial charge in [0.2, 0.25) is 0 Å². The van der Waals surface area contributed by atoms with Crippen LogP contribution < -0.4 is 5.73 Å². The van der Waals surface area contributed by atoms with Crippen molar-refractivity contribution in [3.8, 4) is 0 Å². The van der Waals surface area contributed by atoms with E-state index in [1.54, 1.807) is 6.08 Å². The summed E-state index contributed by atoms with van der Waals surface area (Å²) in [4.78, 5) is 14.7. The van der Waals surface area contributed by atoms with Crippen molar-refractivity contribution in [3.05, 3.63) is 12.0 Å². The van der Waals surface area contributed by atoms with Crippen LogP contribution in [-0.2, 0) is 9.53 Å². The van der Waals surface area contributed by atoms with Crippen LogP contribution in [0.3, 0.4) is 0 Å². The summed E-state index contributed by atoms with van der Waals surface area (Å²) in [6.45, 7) is 4.53. The molecule has 96 valence electrons. The molecule has 0 radical (unpaired) electrons. The van der Waals surface area contributed by atoms with Crippen molar-refractivity contribution in [1.82, 2.24) is 0 Å². The molecule has 0 bridgehead atoms. The van der Waals surface area contributed by atoms with Gasteiger partial charge in [-0.1, -0.05) is 6.42 Å². The van der Waals surface area contributed by atoms with Gasteiger partial charge >= 0.3 is 5.97 Å². The summed E-state index contributed by atoms with van der Waals surface area (Å²) in [5.74, 6) is -0.336. The van der Waals surface area contributed by atoms with Crippen LogP contribution in [-0.4, -0.2) is 28.9 Å². The third kappa shape index (κ3) is 4.46. The Bertz CT molecular complexity index is 346. The molecule has 17 heavy (non-hydrogen) atoms. The van der Waals surface area contributed by atoms with E-state index in [2.05, 4.69) is 4.99 Å². The van der Waals surface area contributed by atoms with Gasteiger partial charge in [-0.2, -0.15) is 0 Å². The number of hydrogen-bond donors (Lipinski definition) is 2. The molecule has 0 saturated carbocycles. The molecule has 0 spiro atoms. The lowest BCUT2D eigenvalue weighted by Gasteiger charge is -2.19. The monoisotopic (exact) mass is 240 g/mol. The number of unbranched alkanes of at least 4 members (excludes halogenated alkanes) is 2. The van der Waals surface area contributed by atoms with Crippen LogP contribution in [0.15, 0.2) is 17.0 Å². The minimum atomic E-state index is -0.739. The Morgan fingerprint density at radius 2 is 2.18 bits per heavy atom. The molecule has 3 N–H and O–H groups in total. The van der Waals surface area contributed by atoms with Crippen molar-refractivity contribution in [2.24, 2.45) is 10.7 Å². The van der Waals surface area contributed by atoms with Crippen LogP contribution in [0, 0.1) is 0 Å². The molecule has 1 heterocycles. The SMILES string of the molecule is CC1(C)OC(N)=CC1=NCCCCCC(=O)O. The summed E-state index contributed by atoms with van der Waals surface area (Å²) in [5.41, 5.74) is 5.99. The zero-order valence-corrected chi connectivity index (χ0v) is 10.4. The molecule has 5 heteroatoms. The van der Waals surface area contributed by atoms with Crippen LogP contribution >= 0.6 is 0 Å². The maximum atomic E-state index is 10.3. The van der Waals surface area contributed by atoms with Crippen molar-refractivity contribution in [2.75, 3.05) is 6.54 Å². The molecule has 0 fully saturated rings. The fourth-order valence-corrected chi connectivity index (χ4v) is 1.69. The van der Waals surface area contributed by atoms with Crippen LogP contribution in [0.2, 0.25) is 0 Å². The van der Waals surface area contributed by atoms with E-state index in [1.165, 1.54) is 0 Å². The van der Waals surface area contributed by atoms with Gasteiger partial charge in [-0.05, 0) is 26.7 Å². The molecular formula is C12H20N2O3. The van der Waals surface area contributed by atoms with E-state index < -0.39 is 11.6 Å². The quantitative estimate of drug-likeness (QED) is 0.692. The van der Waals surface area contributed by atoms with Gasteiger partial charge in [0.1, 0.15) is 5.60 Å². The number of hydrogen-bond acceptors (Lipinski definition) is 4. The molecule has 0 aromatic heterocycles. The van der Waals surface area contributed by atoms with Crippen molar-refractivity contribution in [2.45, 2.75) is 45.1 Å². The molecule has 5 nitrogen and oxygen atoms in total. The molecule has 0 amide bonds. The normalized spacial score (nSPS) is 20.1. The first-order valence-corrected chi connectivity index (χ1v) is 5.85. The predicted molar refractivity (Wildman–Crippen MR) is 65.8 cm³/mol. The Morgan fingerprint density at radius 1 is 1.47 bits per heavy atom. The highest BCUT2D eigenvalue weighted by Crippen LogP contribution is 2.22. The minimum Gasteiger partial charge on any atom is -0.481 e. The van der Waals surface area contributed by atoms with Crippen LogP contribution in [0.4, 0.5) is 0 Å². The van der Waals surface area contributed by atoms with Crippen molar-refractivity contribution in [1.29, 1.82) is 0 Å². The fourth-order valence-electron chi connectivity index (χ4n) is 1.69. The fraction of sp³-hybridized carbons (Fsp3) is 0.667. The zero-order valence-electron chi connectivity index (χ0n) is 10.4. The number of nitrogens with two attached hydrogens (primary N) is 1. The van der Waals surface area contributed by atoms with Crippen LogP contribution in [0.5, 0.6) is 0 Å². The van der Waals surface area contributed by atoms with Crippen LogP contribution in [0.1, 0.15) is 39.5 Å². The van der Waals surface area contributed by atoms with Gasteiger partial charge in [0, 0.05) is 19.0 Å². The number of carboxylic acids is 1. The molecule has 1 rings (SSSR count). The Balaban J connectivity index is 2.27. The Hall–Kier alpha value is -1.52. The molecule has 1 aliphatic heterocycles. The number of ether oxygens (including phenoxy) is 1.